The van der Waals surface area contributed by atoms with Crippen molar-refractivity contribution in [2.24, 2.45) is 4.99 Å². The number of nitrogens with zero attached hydrogens (tertiary/aromatic N) is 1. The summed E-state index contributed by atoms with van der Waals surface area (Å²) in [4.78, 5) is 4.67. The van der Waals surface area contributed by atoms with E-state index in [9.17, 15) is 5.11 Å². The predicted molar refractivity (Wildman–Crippen MR) is 123 cm³/mol. The number of aliphatic imine (C=N–C) groups is 1. The molecule has 0 aliphatic heterocycles. The van der Waals surface area contributed by atoms with Crippen LogP contribution in [0.1, 0.15) is 42.5 Å². The molecule has 28 heavy (non-hydrogen) atoms. The molecule has 1 N–H and O–H groups in total. The Hall–Kier alpha value is -2.44. The maximum atomic E-state index is 10.5. The van der Waals surface area contributed by atoms with Crippen LogP contribution < -0.4 is 5.30 Å². The largest absolute Gasteiger partial charge is 0.508 e. The minimum absolute atomic E-state index is 0.127. The van der Waals surface area contributed by atoms with Crippen LogP contribution in [0.2, 0.25) is 0 Å². The summed E-state index contributed by atoms with van der Waals surface area (Å²) < 4.78 is 0. The third kappa shape index (κ3) is 4.51. The summed E-state index contributed by atoms with van der Waals surface area (Å²) in [6.07, 6.45) is 2.92. The molecule has 2 unspecified atom stereocenters. The van der Waals surface area contributed by atoms with Gasteiger partial charge < -0.3 is 5.11 Å². The Morgan fingerprint density at radius 2 is 1.75 bits per heavy atom. The molecule has 0 aromatic heterocycles. The van der Waals surface area contributed by atoms with Gasteiger partial charge in [-0.3, -0.25) is 4.99 Å². The third-order valence-electron chi connectivity index (χ3n) is 5.27. The number of phenols is 1. The van der Waals surface area contributed by atoms with Crippen molar-refractivity contribution in [3.05, 3.63) is 89.0 Å². The maximum absolute atomic E-state index is 10.5. The maximum Gasteiger partial charge on any atom is 0.119 e. The molecule has 2 nitrogen and oxygen atoms in total. The van der Waals surface area contributed by atoms with E-state index in [4.69, 9.17) is 0 Å². The van der Waals surface area contributed by atoms with Crippen molar-refractivity contribution in [2.75, 3.05) is 0 Å². The Kier molecular flexibility index (Phi) is 6.31. The number of benzene rings is 3. The molecule has 0 amide bonds. The number of aromatic hydroxyl groups is 1. The highest BCUT2D eigenvalue weighted by Gasteiger charge is 2.29. The molecule has 0 bridgehead atoms. The summed E-state index contributed by atoms with van der Waals surface area (Å²) in [5.41, 5.74) is 5.57. The first kappa shape index (κ1) is 20.3. The van der Waals surface area contributed by atoms with Gasteiger partial charge in [-0.15, -0.1) is 0 Å². The molecule has 3 aromatic carbocycles. The first-order valence-electron chi connectivity index (χ1n) is 9.70. The molecule has 0 radical (unpaired) electrons. The van der Waals surface area contributed by atoms with Crippen LogP contribution in [0.5, 0.6) is 5.75 Å². The summed E-state index contributed by atoms with van der Waals surface area (Å²) in [6.45, 7) is 8.69. The number of phenolic OH excluding ortho intramolecular Hbond substituents is 1. The summed E-state index contributed by atoms with van der Waals surface area (Å²) in [5, 5.41) is 11.7. The average Bonchev–Trinajstić information content (AvgIpc) is 2.71. The molecule has 2 atom stereocenters. The molecule has 0 aliphatic carbocycles. The zero-order chi connectivity index (χ0) is 20.1. The van der Waals surface area contributed by atoms with Crippen LogP contribution in [0.25, 0.3) is 0 Å². The van der Waals surface area contributed by atoms with Gasteiger partial charge in [-0.25, -0.2) is 0 Å². The molecule has 0 saturated heterocycles. The Morgan fingerprint density at radius 3 is 2.46 bits per heavy atom. The van der Waals surface area contributed by atoms with Gasteiger partial charge in [0.1, 0.15) is 5.75 Å². The second kappa shape index (κ2) is 8.71. The number of rotatable bonds is 6. The smallest absolute Gasteiger partial charge is 0.119 e. The van der Waals surface area contributed by atoms with Crippen LogP contribution in [0.15, 0.2) is 71.7 Å². The van der Waals surface area contributed by atoms with E-state index >= 15 is 0 Å². The van der Waals surface area contributed by atoms with E-state index in [2.05, 4.69) is 57.0 Å². The Bertz CT molecular complexity index is 981. The van der Waals surface area contributed by atoms with Crippen LogP contribution in [0.3, 0.4) is 0 Å². The molecule has 3 rings (SSSR count). The van der Waals surface area contributed by atoms with Gasteiger partial charge in [0.25, 0.3) is 0 Å². The molecule has 0 heterocycles. The first-order chi connectivity index (χ1) is 13.4. The summed E-state index contributed by atoms with van der Waals surface area (Å²) in [7, 11) is 0.533. The van der Waals surface area contributed by atoms with Crippen molar-refractivity contribution in [1.82, 2.24) is 0 Å². The van der Waals surface area contributed by atoms with Gasteiger partial charge in [-0.1, -0.05) is 76.5 Å². The lowest BCUT2D eigenvalue weighted by molar-refractivity contribution is 0.456. The fraction of sp³-hybridized carbons (Fsp3) is 0.240. The van der Waals surface area contributed by atoms with Gasteiger partial charge >= 0.3 is 0 Å². The zero-order valence-corrected chi connectivity index (χ0v) is 18.0. The van der Waals surface area contributed by atoms with Crippen molar-refractivity contribution in [3.8, 4) is 5.75 Å². The molecular weight excluding hydrogens is 361 g/mol. The molecule has 0 spiro atoms. The molecular formula is C25H28NOP. The fourth-order valence-electron chi connectivity index (χ4n) is 3.34. The second-order valence-corrected chi connectivity index (χ2v) is 9.32. The van der Waals surface area contributed by atoms with Crippen LogP contribution >= 0.6 is 8.58 Å². The van der Waals surface area contributed by atoms with Crippen molar-refractivity contribution >= 4 is 25.8 Å². The van der Waals surface area contributed by atoms with Crippen LogP contribution in [0, 0.1) is 13.8 Å². The quantitative estimate of drug-likeness (QED) is 0.384. The Balaban J connectivity index is 2.01. The lowest BCUT2D eigenvalue weighted by Crippen LogP contribution is -2.21. The number of para-hydroxylation sites is 1. The minimum atomic E-state index is -0.127. The first-order valence-corrected chi connectivity index (χ1v) is 10.7. The summed E-state index contributed by atoms with van der Waals surface area (Å²) in [5.74, 6) is 0.385. The van der Waals surface area contributed by atoms with Gasteiger partial charge in [0.05, 0.1) is 5.69 Å². The van der Waals surface area contributed by atoms with E-state index in [0.717, 1.165) is 23.2 Å². The SMILES string of the molecule is CCC(C)(Pc1c(C)cccc1/C=N/c1ccccc1)c1cc(C)ccc1O. The van der Waals surface area contributed by atoms with Gasteiger partial charge in [0.15, 0.2) is 0 Å². The van der Waals surface area contributed by atoms with E-state index in [1.807, 2.05) is 48.7 Å². The van der Waals surface area contributed by atoms with E-state index in [1.54, 1.807) is 0 Å². The molecule has 144 valence electrons. The molecule has 0 aliphatic rings. The van der Waals surface area contributed by atoms with E-state index in [1.165, 1.54) is 16.4 Å². The number of aryl methyl sites for hydroxylation is 2. The summed E-state index contributed by atoms with van der Waals surface area (Å²) >= 11 is 0. The summed E-state index contributed by atoms with van der Waals surface area (Å²) in [6, 6.07) is 22.3. The average molecular weight is 389 g/mol. The van der Waals surface area contributed by atoms with E-state index in [0.29, 0.717) is 14.3 Å². The highest BCUT2D eigenvalue weighted by molar-refractivity contribution is 7.49. The lowest BCUT2D eigenvalue weighted by atomic mass is 9.95. The Morgan fingerprint density at radius 1 is 1.00 bits per heavy atom. The van der Waals surface area contributed by atoms with Crippen molar-refractivity contribution in [1.29, 1.82) is 0 Å². The van der Waals surface area contributed by atoms with Gasteiger partial charge in [-0.2, -0.15) is 0 Å². The highest BCUT2D eigenvalue weighted by Crippen LogP contribution is 2.47. The highest BCUT2D eigenvalue weighted by atomic mass is 31.1. The fourth-order valence-corrected chi connectivity index (χ4v) is 4.98. The van der Waals surface area contributed by atoms with E-state index < -0.39 is 0 Å². The van der Waals surface area contributed by atoms with Crippen LogP contribution in [-0.2, 0) is 5.16 Å². The monoisotopic (exact) mass is 389 g/mol. The second-order valence-electron chi connectivity index (χ2n) is 7.46. The Labute approximate surface area is 170 Å². The van der Waals surface area contributed by atoms with E-state index in [-0.39, 0.29) is 5.16 Å². The van der Waals surface area contributed by atoms with Gasteiger partial charge in [0, 0.05) is 22.5 Å². The molecule has 0 saturated carbocycles. The van der Waals surface area contributed by atoms with Crippen molar-refractivity contribution in [2.45, 2.75) is 39.3 Å². The lowest BCUT2D eigenvalue weighted by Gasteiger charge is -2.31. The number of hydrogen-bond donors (Lipinski definition) is 1. The predicted octanol–water partition coefficient (Wildman–Crippen LogP) is 6.39. The van der Waals surface area contributed by atoms with Crippen molar-refractivity contribution < 1.29 is 5.11 Å². The third-order valence-corrected chi connectivity index (χ3v) is 7.38. The minimum Gasteiger partial charge on any atom is -0.508 e. The zero-order valence-electron chi connectivity index (χ0n) is 17.0. The molecule has 0 fully saturated rings. The standard InChI is InChI=1S/C25H28NOP/c1-5-25(4,22-16-18(2)14-15-23(22)27)28-24-19(3)10-9-11-20(24)17-26-21-12-7-6-8-13-21/h6-17,27-28H,5H2,1-4H3/b26-17+. The molecule has 3 heteroatoms. The number of hydrogen-bond acceptors (Lipinski definition) is 2. The molecule has 3 aromatic rings. The van der Waals surface area contributed by atoms with Gasteiger partial charge in [-0.05, 0) is 49.3 Å². The van der Waals surface area contributed by atoms with Crippen LogP contribution in [-0.4, -0.2) is 11.3 Å². The van der Waals surface area contributed by atoms with Crippen LogP contribution in [0.4, 0.5) is 5.69 Å². The normalized spacial score (nSPS) is 14.0. The van der Waals surface area contributed by atoms with Crippen molar-refractivity contribution in [3.63, 3.8) is 0 Å². The topological polar surface area (TPSA) is 32.6 Å². The van der Waals surface area contributed by atoms with Gasteiger partial charge in [0.2, 0.25) is 0 Å².